The fraction of sp³-hybridized carbons (Fsp3) is 0.231. The maximum absolute atomic E-state index is 5.33. The predicted octanol–water partition coefficient (Wildman–Crippen LogP) is 2.47. The molecule has 0 spiro atoms. The Morgan fingerprint density at radius 1 is 1.06 bits per heavy atom. The van der Waals surface area contributed by atoms with E-state index in [2.05, 4.69) is 9.97 Å². The minimum absolute atomic E-state index is 0.353. The van der Waals surface area contributed by atoms with Gasteiger partial charge in [0, 0.05) is 11.8 Å². The van der Waals surface area contributed by atoms with Crippen molar-refractivity contribution in [3.05, 3.63) is 36.0 Å². The molecule has 0 aliphatic carbocycles. The number of aryl methyl sites for hydroxylation is 1. The van der Waals surface area contributed by atoms with E-state index in [4.69, 9.17) is 9.47 Å². The summed E-state index contributed by atoms with van der Waals surface area (Å²) in [5.74, 6) is 0.788. The largest absolute Gasteiger partial charge is 0.496 e. The standard InChI is InChI=1S/C13H14N2O2/c1-9-4-5-12(16-2)10(8-9)11-6-7-14-13(15-11)17-3/h4-8H,1-3H3. The monoisotopic (exact) mass is 230 g/mol. The first-order chi connectivity index (χ1) is 8.24. The average Bonchev–Trinajstić information content (AvgIpc) is 2.39. The van der Waals surface area contributed by atoms with Crippen molar-refractivity contribution in [1.82, 2.24) is 9.97 Å². The molecule has 17 heavy (non-hydrogen) atoms. The van der Waals surface area contributed by atoms with Crippen molar-refractivity contribution < 1.29 is 9.47 Å². The first-order valence-corrected chi connectivity index (χ1v) is 5.26. The molecule has 0 saturated carbocycles. The van der Waals surface area contributed by atoms with E-state index >= 15 is 0 Å². The highest BCUT2D eigenvalue weighted by Crippen LogP contribution is 2.29. The number of hydrogen-bond acceptors (Lipinski definition) is 4. The first kappa shape index (κ1) is 11.4. The van der Waals surface area contributed by atoms with Gasteiger partial charge in [0.1, 0.15) is 5.75 Å². The van der Waals surface area contributed by atoms with Crippen LogP contribution in [-0.4, -0.2) is 24.2 Å². The Bertz CT molecular complexity index is 527. The van der Waals surface area contributed by atoms with Crippen LogP contribution in [0, 0.1) is 6.92 Å². The number of ether oxygens (including phenoxy) is 2. The zero-order valence-corrected chi connectivity index (χ0v) is 10.1. The van der Waals surface area contributed by atoms with E-state index in [1.54, 1.807) is 20.4 Å². The minimum Gasteiger partial charge on any atom is -0.496 e. The van der Waals surface area contributed by atoms with Crippen molar-refractivity contribution >= 4 is 0 Å². The molecule has 88 valence electrons. The molecule has 0 fully saturated rings. The molecule has 0 aliphatic heterocycles. The van der Waals surface area contributed by atoms with Crippen LogP contribution in [0.3, 0.4) is 0 Å². The zero-order chi connectivity index (χ0) is 12.3. The van der Waals surface area contributed by atoms with E-state index < -0.39 is 0 Å². The summed E-state index contributed by atoms with van der Waals surface area (Å²) in [6.45, 7) is 2.03. The second kappa shape index (κ2) is 4.82. The molecular weight excluding hydrogens is 216 g/mol. The summed E-state index contributed by atoms with van der Waals surface area (Å²) in [5, 5.41) is 0. The van der Waals surface area contributed by atoms with Crippen LogP contribution in [0.4, 0.5) is 0 Å². The van der Waals surface area contributed by atoms with E-state index in [0.29, 0.717) is 6.01 Å². The highest BCUT2D eigenvalue weighted by atomic mass is 16.5. The Hall–Kier alpha value is -2.10. The lowest BCUT2D eigenvalue weighted by Gasteiger charge is -2.09. The van der Waals surface area contributed by atoms with Gasteiger partial charge in [-0.05, 0) is 25.1 Å². The maximum atomic E-state index is 5.33. The molecule has 0 radical (unpaired) electrons. The van der Waals surface area contributed by atoms with Crippen LogP contribution in [0.1, 0.15) is 5.56 Å². The number of rotatable bonds is 3. The van der Waals surface area contributed by atoms with Crippen molar-refractivity contribution in [2.45, 2.75) is 6.92 Å². The first-order valence-electron chi connectivity index (χ1n) is 5.26. The third-order valence-electron chi connectivity index (χ3n) is 2.45. The Morgan fingerprint density at radius 2 is 1.88 bits per heavy atom. The topological polar surface area (TPSA) is 44.2 Å². The van der Waals surface area contributed by atoms with Crippen LogP contribution in [0.2, 0.25) is 0 Å². The van der Waals surface area contributed by atoms with Gasteiger partial charge in [0.25, 0.3) is 0 Å². The van der Waals surface area contributed by atoms with E-state index in [1.807, 2.05) is 31.2 Å². The number of methoxy groups -OCH3 is 2. The van der Waals surface area contributed by atoms with Gasteiger partial charge in [-0.15, -0.1) is 0 Å². The Balaban J connectivity index is 2.54. The molecule has 0 amide bonds. The van der Waals surface area contributed by atoms with Gasteiger partial charge in [0.15, 0.2) is 0 Å². The highest BCUT2D eigenvalue weighted by molar-refractivity contribution is 5.67. The third-order valence-corrected chi connectivity index (χ3v) is 2.45. The Morgan fingerprint density at radius 3 is 2.59 bits per heavy atom. The average molecular weight is 230 g/mol. The van der Waals surface area contributed by atoms with Gasteiger partial charge in [0.2, 0.25) is 0 Å². The lowest BCUT2D eigenvalue weighted by molar-refractivity contribution is 0.380. The summed E-state index contributed by atoms with van der Waals surface area (Å²) >= 11 is 0. The summed E-state index contributed by atoms with van der Waals surface area (Å²) < 4.78 is 10.3. The molecular formula is C13H14N2O2. The fourth-order valence-corrected chi connectivity index (χ4v) is 1.61. The van der Waals surface area contributed by atoms with Crippen molar-refractivity contribution in [2.75, 3.05) is 14.2 Å². The van der Waals surface area contributed by atoms with E-state index in [-0.39, 0.29) is 0 Å². The SMILES string of the molecule is COc1nccc(-c2cc(C)ccc2OC)n1. The summed E-state index contributed by atoms with van der Waals surface area (Å²) in [5.41, 5.74) is 2.88. The quantitative estimate of drug-likeness (QED) is 0.812. The molecule has 0 unspecified atom stereocenters. The number of nitrogens with zero attached hydrogens (tertiary/aromatic N) is 2. The molecule has 1 aromatic heterocycles. The van der Waals surface area contributed by atoms with Gasteiger partial charge in [-0.2, -0.15) is 4.98 Å². The summed E-state index contributed by atoms with van der Waals surface area (Å²) in [6, 6.07) is 8.14. The maximum Gasteiger partial charge on any atom is 0.316 e. The number of benzene rings is 1. The molecule has 0 aliphatic rings. The smallest absolute Gasteiger partial charge is 0.316 e. The van der Waals surface area contributed by atoms with Gasteiger partial charge in [0.05, 0.1) is 19.9 Å². The van der Waals surface area contributed by atoms with Crippen LogP contribution in [0.25, 0.3) is 11.3 Å². The summed E-state index contributed by atoms with van der Waals surface area (Å²) in [6.07, 6.45) is 1.67. The van der Waals surface area contributed by atoms with Gasteiger partial charge in [-0.3, -0.25) is 0 Å². The molecule has 1 aromatic carbocycles. The van der Waals surface area contributed by atoms with Gasteiger partial charge < -0.3 is 9.47 Å². The number of aromatic nitrogens is 2. The van der Waals surface area contributed by atoms with Gasteiger partial charge in [-0.25, -0.2) is 4.98 Å². The molecule has 0 N–H and O–H groups in total. The van der Waals surface area contributed by atoms with E-state index in [1.165, 1.54) is 0 Å². The van der Waals surface area contributed by atoms with E-state index in [0.717, 1.165) is 22.6 Å². The van der Waals surface area contributed by atoms with Crippen molar-refractivity contribution in [3.63, 3.8) is 0 Å². The predicted molar refractivity (Wildman–Crippen MR) is 65.3 cm³/mol. The van der Waals surface area contributed by atoms with E-state index in [9.17, 15) is 0 Å². The number of hydrogen-bond donors (Lipinski definition) is 0. The molecule has 4 heteroatoms. The van der Waals surface area contributed by atoms with Crippen molar-refractivity contribution in [2.24, 2.45) is 0 Å². The molecule has 0 saturated heterocycles. The summed E-state index contributed by atoms with van der Waals surface area (Å²) in [4.78, 5) is 8.29. The van der Waals surface area contributed by atoms with Gasteiger partial charge in [-0.1, -0.05) is 11.6 Å². The van der Waals surface area contributed by atoms with Crippen LogP contribution < -0.4 is 9.47 Å². The lowest BCUT2D eigenvalue weighted by atomic mass is 10.1. The molecule has 0 bridgehead atoms. The van der Waals surface area contributed by atoms with Crippen LogP contribution >= 0.6 is 0 Å². The van der Waals surface area contributed by atoms with Crippen molar-refractivity contribution in [3.8, 4) is 23.0 Å². The second-order valence-electron chi connectivity index (χ2n) is 3.63. The molecule has 2 rings (SSSR count). The molecule has 1 heterocycles. The van der Waals surface area contributed by atoms with Crippen molar-refractivity contribution in [1.29, 1.82) is 0 Å². The van der Waals surface area contributed by atoms with Crippen LogP contribution in [0.5, 0.6) is 11.8 Å². The molecule has 2 aromatic rings. The zero-order valence-electron chi connectivity index (χ0n) is 10.1. The van der Waals surface area contributed by atoms with Crippen LogP contribution in [-0.2, 0) is 0 Å². The molecule has 4 nitrogen and oxygen atoms in total. The van der Waals surface area contributed by atoms with Gasteiger partial charge >= 0.3 is 6.01 Å². The normalized spacial score (nSPS) is 10.1. The third kappa shape index (κ3) is 2.36. The summed E-state index contributed by atoms with van der Waals surface area (Å²) in [7, 11) is 3.19. The fourth-order valence-electron chi connectivity index (χ4n) is 1.61. The van der Waals surface area contributed by atoms with Crippen LogP contribution in [0.15, 0.2) is 30.5 Å². The Kier molecular flexibility index (Phi) is 3.23. The Labute approximate surface area is 100 Å². The molecule has 0 atom stereocenters. The second-order valence-corrected chi connectivity index (χ2v) is 3.63. The minimum atomic E-state index is 0.353. The lowest BCUT2D eigenvalue weighted by Crippen LogP contribution is -1.95. The highest BCUT2D eigenvalue weighted by Gasteiger charge is 2.08.